The van der Waals surface area contributed by atoms with E-state index in [-0.39, 0.29) is 24.4 Å². The van der Waals surface area contributed by atoms with Crippen molar-refractivity contribution in [1.29, 1.82) is 0 Å². The molecule has 0 aliphatic carbocycles. The van der Waals surface area contributed by atoms with Crippen LogP contribution in [0.5, 0.6) is 5.75 Å². The first-order valence-electron chi connectivity index (χ1n) is 7.44. The molecule has 1 amide bonds. The molecule has 25 heavy (non-hydrogen) atoms. The fourth-order valence-electron chi connectivity index (χ4n) is 2.09. The Morgan fingerprint density at radius 3 is 2.64 bits per heavy atom. The zero-order valence-electron chi connectivity index (χ0n) is 13.5. The number of ether oxygens (including phenoxy) is 1. The standard InChI is InChI=1S/C19H16F3NO2/c1-25-17-9-3-6-15(12-17)13-18(24)23-10-4-7-14-5-2-8-16(11-14)19(20,21)22/h2-3,5-6,8-9,11-12H,10,13H2,1H3,(H,23,24). The van der Waals surface area contributed by atoms with Crippen LogP contribution in [0.2, 0.25) is 0 Å². The van der Waals surface area contributed by atoms with Crippen molar-refractivity contribution in [3.05, 3.63) is 65.2 Å². The molecular weight excluding hydrogens is 331 g/mol. The number of hydrogen-bond donors (Lipinski definition) is 1. The summed E-state index contributed by atoms with van der Waals surface area (Å²) in [7, 11) is 1.54. The summed E-state index contributed by atoms with van der Waals surface area (Å²) in [5.41, 5.74) is 0.293. The summed E-state index contributed by atoms with van der Waals surface area (Å²) < 4.78 is 42.9. The summed E-state index contributed by atoms with van der Waals surface area (Å²) >= 11 is 0. The van der Waals surface area contributed by atoms with Crippen LogP contribution in [0, 0.1) is 11.8 Å². The lowest BCUT2D eigenvalue weighted by molar-refractivity contribution is -0.137. The van der Waals surface area contributed by atoms with E-state index in [1.807, 2.05) is 0 Å². The van der Waals surface area contributed by atoms with Gasteiger partial charge < -0.3 is 10.1 Å². The first-order chi connectivity index (χ1) is 11.9. The number of carbonyl (C=O) groups is 1. The minimum Gasteiger partial charge on any atom is -0.497 e. The van der Waals surface area contributed by atoms with Crippen LogP contribution < -0.4 is 10.1 Å². The summed E-state index contributed by atoms with van der Waals surface area (Å²) in [4.78, 5) is 11.8. The van der Waals surface area contributed by atoms with Gasteiger partial charge in [-0.25, -0.2) is 0 Å². The molecule has 130 valence electrons. The number of alkyl halides is 3. The Kier molecular flexibility index (Phi) is 6.07. The fourth-order valence-corrected chi connectivity index (χ4v) is 2.09. The van der Waals surface area contributed by atoms with Crippen molar-refractivity contribution in [2.24, 2.45) is 0 Å². The minimum absolute atomic E-state index is 0.0546. The second-order valence-corrected chi connectivity index (χ2v) is 5.19. The third-order valence-electron chi connectivity index (χ3n) is 3.30. The predicted octanol–water partition coefficient (Wildman–Crippen LogP) is 3.42. The average Bonchev–Trinajstić information content (AvgIpc) is 2.58. The van der Waals surface area contributed by atoms with Crippen molar-refractivity contribution in [3.8, 4) is 17.6 Å². The van der Waals surface area contributed by atoms with Gasteiger partial charge in [-0.15, -0.1) is 0 Å². The molecule has 0 aromatic heterocycles. The molecule has 0 heterocycles. The Hall–Kier alpha value is -2.94. The molecule has 0 radical (unpaired) electrons. The van der Waals surface area contributed by atoms with E-state index in [1.165, 1.54) is 12.1 Å². The maximum absolute atomic E-state index is 12.6. The maximum Gasteiger partial charge on any atom is 0.416 e. The van der Waals surface area contributed by atoms with Crippen LogP contribution in [0.25, 0.3) is 0 Å². The molecule has 1 N–H and O–H groups in total. The molecular formula is C19H16F3NO2. The Labute approximate surface area is 143 Å². The summed E-state index contributed by atoms with van der Waals surface area (Å²) in [6.07, 6.45) is -4.23. The highest BCUT2D eigenvalue weighted by Gasteiger charge is 2.30. The van der Waals surface area contributed by atoms with Crippen LogP contribution in [0.4, 0.5) is 13.2 Å². The number of benzene rings is 2. The fraction of sp³-hybridized carbons (Fsp3) is 0.211. The van der Waals surface area contributed by atoms with Gasteiger partial charge in [0.25, 0.3) is 0 Å². The zero-order valence-corrected chi connectivity index (χ0v) is 13.5. The Balaban J connectivity index is 1.88. The van der Waals surface area contributed by atoms with Gasteiger partial charge in [0.2, 0.25) is 5.91 Å². The van der Waals surface area contributed by atoms with Gasteiger partial charge >= 0.3 is 6.18 Å². The van der Waals surface area contributed by atoms with Gasteiger partial charge in [-0.1, -0.05) is 30.0 Å². The van der Waals surface area contributed by atoms with Crippen molar-refractivity contribution in [1.82, 2.24) is 5.32 Å². The summed E-state index contributed by atoms with van der Waals surface area (Å²) in [5.74, 6) is 5.69. The molecule has 0 saturated heterocycles. The maximum atomic E-state index is 12.6. The molecule has 2 aromatic rings. The SMILES string of the molecule is COc1cccc(CC(=O)NCC#Cc2cccc(C(F)(F)F)c2)c1. The summed E-state index contributed by atoms with van der Waals surface area (Å²) in [6, 6.07) is 11.9. The number of rotatable bonds is 4. The van der Waals surface area contributed by atoms with E-state index in [9.17, 15) is 18.0 Å². The number of carbonyl (C=O) groups excluding carboxylic acids is 1. The topological polar surface area (TPSA) is 38.3 Å². The molecule has 0 saturated carbocycles. The second kappa shape index (κ2) is 8.25. The van der Waals surface area contributed by atoms with E-state index < -0.39 is 11.7 Å². The molecule has 0 aliphatic heterocycles. The summed E-state index contributed by atoms with van der Waals surface area (Å²) in [6.45, 7) is 0.0546. The van der Waals surface area contributed by atoms with Crippen molar-refractivity contribution in [2.75, 3.05) is 13.7 Å². The largest absolute Gasteiger partial charge is 0.497 e. The quantitative estimate of drug-likeness (QED) is 0.861. The number of methoxy groups -OCH3 is 1. The third kappa shape index (κ3) is 5.88. The molecule has 0 aliphatic rings. The Bertz CT molecular complexity index is 804. The van der Waals surface area contributed by atoms with Crippen LogP contribution >= 0.6 is 0 Å². The van der Waals surface area contributed by atoms with E-state index in [1.54, 1.807) is 31.4 Å². The van der Waals surface area contributed by atoms with E-state index in [0.29, 0.717) is 5.75 Å². The average molecular weight is 347 g/mol. The second-order valence-electron chi connectivity index (χ2n) is 5.19. The molecule has 0 fully saturated rings. The predicted molar refractivity (Wildman–Crippen MR) is 88.0 cm³/mol. The van der Waals surface area contributed by atoms with Crippen molar-refractivity contribution >= 4 is 5.91 Å². The van der Waals surface area contributed by atoms with Gasteiger partial charge in [0.1, 0.15) is 5.75 Å². The molecule has 0 atom stereocenters. The highest BCUT2D eigenvalue weighted by Crippen LogP contribution is 2.29. The van der Waals surface area contributed by atoms with Crippen LogP contribution in [0.15, 0.2) is 48.5 Å². The van der Waals surface area contributed by atoms with Gasteiger partial charge in [0, 0.05) is 5.56 Å². The van der Waals surface area contributed by atoms with Crippen molar-refractivity contribution in [3.63, 3.8) is 0 Å². The van der Waals surface area contributed by atoms with Gasteiger partial charge in [-0.2, -0.15) is 13.2 Å². The number of amides is 1. The van der Waals surface area contributed by atoms with Crippen LogP contribution in [0.1, 0.15) is 16.7 Å². The first kappa shape index (κ1) is 18.4. The van der Waals surface area contributed by atoms with Crippen LogP contribution in [-0.4, -0.2) is 19.6 Å². The van der Waals surface area contributed by atoms with Crippen molar-refractivity contribution in [2.45, 2.75) is 12.6 Å². The molecule has 2 rings (SSSR count). The Morgan fingerprint density at radius 1 is 1.16 bits per heavy atom. The highest BCUT2D eigenvalue weighted by molar-refractivity contribution is 5.78. The van der Waals surface area contributed by atoms with Gasteiger partial charge in [0.05, 0.1) is 25.6 Å². The van der Waals surface area contributed by atoms with E-state index in [0.717, 1.165) is 17.7 Å². The van der Waals surface area contributed by atoms with E-state index in [4.69, 9.17) is 4.74 Å². The number of hydrogen-bond acceptors (Lipinski definition) is 2. The first-order valence-corrected chi connectivity index (χ1v) is 7.44. The molecule has 6 heteroatoms. The van der Waals surface area contributed by atoms with Crippen molar-refractivity contribution < 1.29 is 22.7 Å². The lowest BCUT2D eigenvalue weighted by atomic mass is 10.1. The van der Waals surface area contributed by atoms with Gasteiger partial charge in [-0.05, 0) is 35.9 Å². The van der Waals surface area contributed by atoms with Gasteiger partial charge in [0.15, 0.2) is 0 Å². The normalized spacial score (nSPS) is 10.6. The van der Waals surface area contributed by atoms with E-state index in [2.05, 4.69) is 17.2 Å². The van der Waals surface area contributed by atoms with Gasteiger partial charge in [-0.3, -0.25) is 4.79 Å². The smallest absolute Gasteiger partial charge is 0.416 e. The van der Waals surface area contributed by atoms with Crippen LogP contribution in [0.3, 0.4) is 0 Å². The molecule has 0 bridgehead atoms. The third-order valence-corrected chi connectivity index (χ3v) is 3.30. The number of nitrogens with one attached hydrogen (secondary N) is 1. The summed E-state index contributed by atoms with van der Waals surface area (Å²) in [5, 5.41) is 2.61. The monoisotopic (exact) mass is 347 g/mol. The molecule has 2 aromatic carbocycles. The molecule has 3 nitrogen and oxygen atoms in total. The highest BCUT2D eigenvalue weighted by atomic mass is 19.4. The molecule has 0 spiro atoms. The zero-order chi connectivity index (χ0) is 18.3. The molecule has 0 unspecified atom stereocenters. The lowest BCUT2D eigenvalue weighted by Crippen LogP contribution is -2.25. The van der Waals surface area contributed by atoms with E-state index >= 15 is 0 Å². The van der Waals surface area contributed by atoms with Crippen LogP contribution in [-0.2, 0) is 17.4 Å². The lowest BCUT2D eigenvalue weighted by Gasteiger charge is -2.06. The Morgan fingerprint density at radius 2 is 1.92 bits per heavy atom. The number of halogens is 3. The minimum atomic E-state index is -4.40.